The summed E-state index contributed by atoms with van der Waals surface area (Å²) in [6.45, 7) is 4.80. The highest BCUT2D eigenvalue weighted by Gasteiger charge is 2.19. The van der Waals surface area contributed by atoms with Crippen molar-refractivity contribution < 1.29 is 14.3 Å². The lowest BCUT2D eigenvalue weighted by Crippen LogP contribution is -2.43. The molecule has 138 valence electrons. The maximum absolute atomic E-state index is 12.5. The van der Waals surface area contributed by atoms with Crippen LogP contribution in [-0.4, -0.2) is 61.4 Å². The zero-order chi connectivity index (χ0) is 18.1. The minimum absolute atomic E-state index is 0.123. The Balaban J connectivity index is 1.85. The van der Waals surface area contributed by atoms with Gasteiger partial charge < -0.3 is 15.0 Å². The molecule has 0 bridgehead atoms. The second kappa shape index (κ2) is 10.0. The fourth-order valence-corrected chi connectivity index (χ4v) is 3.00. The van der Waals surface area contributed by atoms with Crippen LogP contribution in [0.5, 0.6) is 5.75 Å². The standard InChI is InChI=1S/C19H29N3O3/c1-3-21(15-19(24)22-11-6-4-5-7-12-22)14-18(23)20-16-9-8-10-17(13-16)25-2/h8-10,13H,3-7,11-12,14-15H2,1-2H3,(H,20,23). The molecule has 6 nitrogen and oxygen atoms in total. The molecule has 6 heteroatoms. The Hall–Kier alpha value is -2.08. The van der Waals surface area contributed by atoms with E-state index in [1.165, 1.54) is 12.8 Å². The number of carbonyl (C=O) groups is 2. The number of nitrogens with zero attached hydrogens (tertiary/aromatic N) is 2. The van der Waals surface area contributed by atoms with Crippen molar-refractivity contribution in [2.45, 2.75) is 32.6 Å². The molecule has 0 aliphatic carbocycles. The summed E-state index contributed by atoms with van der Waals surface area (Å²) in [7, 11) is 1.59. The molecule has 1 aliphatic heterocycles. The van der Waals surface area contributed by atoms with E-state index in [9.17, 15) is 9.59 Å². The topological polar surface area (TPSA) is 61.9 Å². The Morgan fingerprint density at radius 2 is 1.88 bits per heavy atom. The van der Waals surface area contributed by atoms with Gasteiger partial charge in [0.2, 0.25) is 11.8 Å². The molecule has 1 saturated heterocycles. The highest BCUT2D eigenvalue weighted by atomic mass is 16.5. The van der Waals surface area contributed by atoms with Crippen molar-refractivity contribution in [2.75, 3.05) is 45.2 Å². The lowest BCUT2D eigenvalue weighted by Gasteiger charge is -2.25. The highest BCUT2D eigenvalue weighted by Crippen LogP contribution is 2.16. The molecule has 2 amide bonds. The fourth-order valence-electron chi connectivity index (χ4n) is 3.00. The summed E-state index contributed by atoms with van der Waals surface area (Å²) in [5, 5.41) is 2.86. The van der Waals surface area contributed by atoms with Gasteiger partial charge in [0.25, 0.3) is 0 Å². The summed E-state index contributed by atoms with van der Waals surface area (Å²) in [6, 6.07) is 7.25. The number of anilines is 1. The van der Waals surface area contributed by atoms with E-state index in [1.54, 1.807) is 13.2 Å². The molecule has 25 heavy (non-hydrogen) atoms. The molecule has 0 saturated carbocycles. The summed E-state index contributed by atoms with van der Waals surface area (Å²) >= 11 is 0. The first-order chi connectivity index (χ1) is 12.1. The molecule has 0 unspecified atom stereocenters. The highest BCUT2D eigenvalue weighted by molar-refractivity contribution is 5.92. The van der Waals surface area contributed by atoms with Crippen LogP contribution in [0.25, 0.3) is 0 Å². The van der Waals surface area contributed by atoms with E-state index in [2.05, 4.69) is 5.32 Å². The van der Waals surface area contributed by atoms with Crippen LogP contribution in [0.2, 0.25) is 0 Å². The van der Waals surface area contributed by atoms with E-state index in [-0.39, 0.29) is 18.4 Å². The monoisotopic (exact) mass is 347 g/mol. The second-order valence-electron chi connectivity index (χ2n) is 6.38. The quantitative estimate of drug-likeness (QED) is 0.822. The third-order valence-electron chi connectivity index (χ3n) is 4.49. The molecule has 1 aromatic rings. The predicted molar refractivity (Wildman–Crippen MR) is 98.8 cm³/mol. The Morgan fingerprint density at radius 3 is 2.52 bits per heavy atom. The first-order valence-electron chi connectivity index (χ1n) is 9.06. The summed E-state index contributed by atoms with van der Waals surface area (Å²) in [5.74, 6) is 0.693. The number of likely N-dealkylation sites (N-methyl/N-ethyl adjacent to an activating group) is 1. The minimum atomic E-state index is -0.126. The zero-order valence-electron chi connectivity index (χ0n) is 15.3. The van der Waals surface area contributed by atoms with Gasteiger partial charge in [0.1, 0.15) is 5.75 Å². The number of rotatable bonds is 7. The summed E-state index contributed by atoms with van der Waals surface area (Å²) < 4.78 is 5.16. The Labute approximate surface area is 150 Å². The number of benzene rings is 1. The summed E-state index contributed by atoms with van der Waals surface area (Å²) in [6.07, 6.45) is 4.55. The van der Waals surface area contributed by atoms with Crippen molar-refractivity contribution in [1.82, 2.24) is 9.80 Å². The number of likely N-dealkylation sites (tertiary alicyclic amines) is 1. The molecule has 1 fully saturated rings. The molecule has 1 N–H and O–H groups in total. The van der Waals surface area contributed by atoms with E-state index in [1.807, 2.05) is 34.9 Å². The van der Waals surface area contributed by atoms with E-state index in [4.69, 9.17) is 4.74 Å². The van der Waals surface area contributed by atoms with Crippen molar-refractivity contribution in [3.8, 4) is 5.75 Å². The van der Waals surface area contributed by atoms with E-state index in [0.29, 0.717) is 24.5 Å². The number of carbonyl (C=O) groups excluding carboxylic acids is 2. The molecule has 0 radical (unpaired) electrons. The van der Waals surface area contributed by atoms with Crippen LogP contribution >= 0.6 is 0 Å². The average Bonchev–Trinajstić information content (AvgIpc) is 2.90. The van der Waals surface area contributed by atoms with Gasteiger partial charge in [-0.1, -0.05) is 25.8 Å². The molecule has 2 rings (SSSR count). The smallest absolute Gasteiger partial charge is 0.238 e. The van der Waals surface area contributed by atoms with Crippen molar-refractivity contribution in [1.29, 1.82) is 0 Å². The molecular weight excluding hydrogens is 318 g/mol. The number of ether oxygens (including phenoxy) is 1. The molecule has 0 spiro atoms. The van der Waals surface area contributed by atoms with Gasteiger partial charge >= 0.3 is 0 Å². The van der Waals surface area contributed by atoms with Crippen molar-refractivity contribution in [2.24, 2.45) is 0 Å². The fraction of sp³-hybridized carbons (Fsp3) is 0.579. The van der Waals surface area contributed by atoms with Crippen molar-refractivity contribution >= 4 is 17.5 Å². The maximum Gasteiger partial charge on any atom is 0.238 e. The van der Waals surface area contributed by atoms with Crippen LogP contribution in [0.15, 0.2) is 24.3 Å². The van der Waals surface area contributed by atoms with Gasteiger partial charge in [-0.15, -0.1) is 0 Å². The first-order valence-corrected chi connectivity index (χ1v) is 9.06. The van der Waals surface area contributed by atoms with Gasteiger partial charge in [-0.2, -0.15) is 0 Å². The average molecular weight is 347 g/mol. The van der Waals surface area contributed by atoms with Crippen LogP contribution in [0.3, 0.4) is 0 Å². The number of methoxy groups -OCH3 is 1. The largest absolute Gasteiger partial charge is 0.497 e. The maximum atomic E-state index is 12.5. The first kappa shape index (κ1) is 19.2. The van der Waals surface area contributed by atoms with Gasteiger partial charge in [-0.3, -0.25) is 14.5 Å². The number of amides is 2. The molecule has 1 aromatic carbocycles. The Morgan fingerprint density at radius 1 is 1.16 bits per heavy atom. The Kier molecular flexibility index (Phi) is 7.73. The third-order valence-corrected chi connectivity index (χ3v) is 4.49. The normalized spacial score (nSPS) is 14.9. The van der Waals surface area contributed by atoms with Crippen molar-refractivity contribution in [3.05, 3.63) is 24.3 Å². The number of hydrogen-bond acceptors (Lipinski definition) is 4. The van der Waals surface area contributed by atoms with Crippen LogP contribution < -0.4 is 10.1 Å². The summed E-state index contributed by atoms with van der Waals surface area (Å²) in [5.41, 5.74) is 0.694. The molecule has 1 heterocycles. The van der Waals surface area contributed by atoms with E-state index >= 15 is 0 Å². The second-order valence-corrected chi connectivity index (χ2v) is 6.38. The third kappa shape index (κ3) is 6.38. The zero-order valence-corrected chi connectivity index (χ0v) is 15.3. The molecule has 0 atom stereocenters. The van der Waals surface area contributed by atoms with E-state index < -0.39 is 0 Å². The molecular formula is C19H29N3O3. The van der Waals surface area contributed by atoms with Crippen LogP contribution in [0, 0.1) is 0 Å². The van der Waals surface area contributed by atoms with Gasteiger partial charge in [-0.05, 0) is 31.5 Å². The SMILES string of the molecule is CCN(CC(=O)Nc1cccc(OC)c1)CC(=O)N1CCCCCC1. The molecule has 0 aromatic heterocycles. The van der Waals surface area contributed by atoms with Gasteiger partial charge in [0.15, 0.2) is 0 Å². The number of hydrogen-bond donors (Lipinski definition) is 1. The van der Waals surface area contributed by atoms with Gasteiger partial charge in [0, 0.05) is 24.8 Å². The van der Waals surface area contributed by atoms with Gasteiger partial charge in [0.05, 0.1) is 20.2 Å². The summed E-state index contributed by atoms with van der Waals surface area (Å²) in [4.78, 5) is 28.6. The van der Waals surface area contributed by atoms with E-state index in [0.717, 1.165) is 25.9 Å². The van der Waals surface area contributed by atoms with Crippen LogP contribution in [0.1, 0.15) is 32.6 Å². The minimum Gasteiger partial charge on any atom is -0.497 e. The predicted octanol–water partition coefficient (Wildman–Crippen LogP) is 2.36. The van der Waals surface area contributed by atoms with Crippen LogP contribution in [0.4, 0.5) is 5.69 Å². The number of nitrogens with one attached hydrogen (secondary N) is 1. The Bertz CT molecular complexity index is 569. The lowest BCUT2D eigenvalue weighted by atomic mass is 10.2. The molecule has 1 aliphatic rings. The van der Waals surface area contributed by atoms with Crippen molar-refractivity contribution in [3.63, 3.8) is 0 Å². The lowest BCUT2D eigenvalue weighted by molar-refractivity contribution is -0.132. The van der Waals surface area contributed by atoms with Gasteiger partial charge in [-0.25, -0.2) is 0 Å². The van der Waals surface area contributed by atoms with Crippen LogP contribution in [-0.2, 0) is 9.59 Å².